The highest BCUT2D eigenvalue weighted by Gasteiger charge is 2.41. The molecule has 12 nitrogen and oxygen atoms in total. The van der Waals surface area contributed by atoms with Gasteiger partial charge in [0.1, 0.15) is 23.7 Å². The molecule has 1 N–H and O–H groups in total. The molecule has 0 saturated carbocycles. The van der Waals surface area contributed by atoms with Gasteiger partial charge in [0.15, 0.2) is 11.6 Å². The standard InChI is InChI=1S/C24H15N7O5/c1-13-9-19(27-17-7-3-2-5-15(13)17)30-22(14(10-25)11-26-30)28-20(32)12-29-23(33)16-6-4-8-18(31(35)36)21(16)24(29)34/h2-9,11H,12H2,1H3,(H,28,32). The van der Waals surface area contributed by atoms with Crippen molar-refractivity contribution in [2.75, 3.05) is 11.9 Å². The van der Waals surface area contributed by atoms with E-state index in [1.807, 2.05) is 37.3 Å². The van der Waals surface area contributed by atoms with Gasteiger partial charge >= 0.3 is 0 Å². The fraction of sp³-hybridized carbons (Fsp3) is 0.0833. The lowest BCUT2D eigenvalue weighted by Gasteiger charge is -2.15. The Balaban J connectivity index is 1.45. The van der Waals surface area contributed by atoms with E-state index in [1.54, 1.807) is 6.07 Å². The van der Waals surface area contributed by atoms with E-state index in [2.05, 4.69) is 15.4 Å². The van der Waals surface area contributed by atoms with Gasteiger partial charge in [0.05, 0.1) is 22.2 Å². The summed E-state index contributed by atoms with van der Waals surface area (Å²) in [4.78, 5) is 54.1. The molecule has 176 valence electrons. The van der Waals surface area contributed by atoms with Crippen LogP contribution in [0.15, 0.2) is 54.7 Å². The summed E-state index contributed by atoms with van der Waals surface area (Å²) < 4.78 is 1.28. The summed E-state index contributed by atoms with van der Waals surface area (Å²) in [6, 6.07) is 14.8. The quantitative estimate of drug-likeness (QED) is 0.258. The summed E-state index contributed by atoms with van der Waals surface area (Å²) in [5, 5.41) is 28.5. The summed E-state index contributed by atoms with van der Waals surface area (Å²) >= 11 is 0. The topological polar surface area (TPSA) is 164 Å². The smallest absolute Gasteiger partial charge is 0.282 e. The van der Waals surface area contributed by atoms with Gasteiger partial charge in [0, 0.05) is 11.5 Å². The molecule has 5 rings (SSSR count). The molecule has 0 radical (unpaired) electrons. The molecule has 0 spiro atoms. The van der Waals surface area contributed by atoms with Gasteiger partial charge < -0.3 is 5.32 Å². The monoisotopic (exact) mass is 481 g/mol. The van der Waals surface area contributed by atoms with E-state index in [-0.39, 0.29) is 22.5 Å². The van der Waals surface area contributed by atoms with E-state index in [0.29, 0.717) is 16.2 Å². The van der Waals surface area contributed by atoms with E-state index in [0.717, 1.165) is 17.0 Å². The number of aryl methyl sites for hydroxylation is 1. The first-order valence-electron chi connectivity index (χ1n) is 10.6. The molecular formula is C24H15N7O5. The lowest BCUT2D eigenvalue weighted by molar-refractivity contribution is -0.385. The summed E-state index contributed by atoms with van der Waals surface area (Å²) in [5.74, 6) is -2.22. The first kappa shape index (κ1) is 22.4. The van der Waals surface area contributed by atoms with Crippen molar-refractivity contribution in [3.8, 4) is 11.9 Å². The number of fused-ring (bicyclic) bond motifs is 2. The number of aromatic nitrogens is 3. The van der Waals surface area contributed by atoms with Crippen LogP contribution in [0.1, 0.15) is 31.8 Å². The molecule has 3 heterocycles. The van der Waals surface area contributed by atoms with E-state index < -0.39 is 34.9 Å². The molecule has 1 aliphatic rings. The molecule has 0 aliphatic carbocycles. The highest BCUT2D eigenvalue weighted by molar-refractivity contribution is 6.24. The van der Waals surface area contributed by atoms with Gasteiger partial charge in [-0.3, -0.25) is 29.4 Å². The Morgan fingerprint density at radius 3 is 2.69 bits per heavy atom. The molecular weight excluding hydrogens is 466 g/mol. The second-order valence-electron chi connectivity index (χ2n) is 7.95. The van der Waals surface area contributed by atoms with Crippen LogP contribution >= 0.6 is 0 Å². The average Bonchev–Trinajstić information content (AvgIpc) is 3.38. The van der Waals surface area contributed by atoms with Crippen LogP contribution < -0.4 is 5.32 Å². The zero-order valence-electron chi connectivity index (χ0n) is 18.6. The number of rotatable bonds is 5. The molecule has 0 fully saturated rings. The second-order valence-corrected chi connectivity index (χ2v) is 7.95. The average molecular weight is 481 g/mol. The third kappa shape index (κ3) is 3.51. The van der Waals surface area contributed by atoms with E-state index in [9.17, 15) is 29.8 Å². The first-order valence-corrected chi connectivity index (χ1v) is 10.6. The van der Waals surface area contributed by atoms with Crippen LogP contribution in [0.5, 0.6) is 0 Å². The number of pyridine rings is 1. The lowest BCUT2D eigenvalue weighted by Crippen LogP contribution is -2.37. The Labute approximate surface area is 202 Å². The van der Waals surface area contributed by atoms with Crippen LogP contribution in [-0.4, -0.2) is 48.9 Å². The maximum absolute atomic E-state index is 12.9. The molecule has 0 saturated heterocycles. The molecule has 36 heavy (non-hydrogen) atoms. The van der Waals surface area contributed by atoms with Crippen molar-refractivity contribution in [3.05, 3.63) is 87.1 Å². The molecule has 2 aromatic carbocycles. The third-order valence-corrected chi connectivity index (χ3v) is 5.75. The van der Waals surface area contributed by atoms with Crippen molar-refractivity contribution in [1.82, 2.24) is 19.7 Å². The van der Waals surface area contributed by atoms with Gasteiger partial charge in [-0.2, -0.15) is 15.0 Å². The molecule has 0 atom stereocenters. The van der Waals surface area contributed by atoms with Crippen molar-refractivity contribution >= 4 is 40.1 Å². The van der Waals surface area contributed by atoms with Crippen molar-refractivity contribution in [2.45, 2.75) is 6.92 Å². The van der Waals surface area contributed by atoms with Crippen molar-refractivity contribution in [3.63, 3.8) is 0 Å². The molecule has 0 unspecified atom stereocenters. The summed E-state index contributed by atoms with van der Waals surface area (Å²) in [5.41, 5.74) is 0.589. The highest BCUT2D eigenvalue weighted by atomic mass is 16.6. The number of nitriles is 1. The highest BCUT2D eigenvalue weighted by Crippen LogP contribution is 2.31. The number of para-hydroxylation sites is 1. The molecule has 3 amide bonds. The normalized spacial score (nSPS) is 12.5. The van der Waals surface area contributed by atoms with Gasteiger partial charge in [-0.25, -0.2) is 4.98 Å². The largest absolute Gasteiger partial charge is 0.308 e. The minimum atomic E-state index is -0.946. The van der Waals surface area contributed by atoms with Crippen LogP contribution in [0.4, 0.5) is 11.5 Å². The van der Waals surface area contributed by atoms with Crippen LogP contribution in [0, 0.1) is 28.4 Å². The van der Waals surface area contributed by atoms with Crippen LogP contribution in [0.3, 0.4) is 0 Å². The number of nitrogens with zero attached hydrogens (tertiary/aromatic N) is 6. The fourth-order valence-corrected chi connectivity index (χ4v) is 4.09. The summed E-state index contributed by atoms with van der Waals surface area (Å²) in [6.45, 7) is 1.17. The Morgan fingerprint density at radius 1 is 1.17 bits per heavy atom. The number of hydrogen-bond acceptors (Lipinski definition) is 8. The van der Waals surface area contributed by atoms with Crippen LogP contribution in [0.25, 0.3) is 16.7 Å². The SMILES string of the molecule is Cc1cc(-n2ncc(C#N)c2NC(=O)CN2C(=O)c3cccc([N+](=O)[O-])c3C2=O)nc2ccccc12. The van der Waals surface area contributed by atoms with Crippen LogP contribution in [-0.2, 0) is 4.79 Å². The third-order valence-electron chi connectivity index (χ3n) is 5.75. The van der Waals surface area contributed by atoms with Gasteiger partial charge in [-0.05, 0) is 30.7 Å². The molecule has 1 aliphatic heterocycles. The summed E-state index contributed by atoms with van der Waals surface area (Å²) in [6.07, 6.45) is 1.26. The van der Waals surface area contributed by atoms with Gasteiger partial charge in [0.25, 0.3) is 17.5 Å². The molecule has 4 aromatic rings. The number of anilines is 1. The zero-order valence-corrected chi connectivity index (χ0v) is 18.6. The second kappa shape index (κ2) is 8.41. The predicted molar refractivity (Wildman–Crippen MR) is 125 cm³/mol. The Kier molecular flexibility index (Phi) is 5.22. The summed E-state index contributed by atoms with van der Waals surface area (Å²) in [7, 11) is 0. The van der Waals surface area contributed by atoms with Crippen molar-refractivity contribution < 1.29 is 19.3 Å². The van der Waals surface area contributed by atoms with Crippen LogP contribution in [0.2, 0.25) is 0 Å². The van der Waals surface area contributed by atoms with Gasteiger partial charge in [0.2, 0.25) is 5.91 Å². The molecule has 2 aromatic heterocycles. The number of hydrogen-bond donors (Lipinski definition) is 1. The number of nitrogens with one attached hydrogen (secondary N) is 1. The zero-order chi connectivity index (χ0) is 25.6. The number of carbonyl (C=O) groups is 3. The number of amides is 3. The maximum atomic E-state index is 12.9. The Hall–Kier alpha value is -5.44. The van der Waals surface area contributed by atoms with Gasteiger partial charge in [-0.15, -0.1) is 0 Å². The lowest BCUT2D eigenvalue weighted by atomic mass is 10.1. The molecule has 12 heteroatoms. The number of nitro groups is 1. The predicted octanol–water partition coefficient (Wildman–Crippen LogP) is 2.74. The van der Waals surface area contributed by atoms with E-state index in [1.165, 1.54) is 23.0 Å². The first-order chi connectivity index (χ1) is 17.3. The van der Waals surface area contributed by atoms with Crippen molar-refractivity contribution in [1.29, 1.82) is 5.26 Å². The Morgan fingerprint density at radius 2 is 1.94 bits per heavy atom. The minimum Gasteiger partial charge on any atom is -0.308 e. The number of nitro benzene ring substituents is 1. The number of benzene rings is 2. The Bertz CT molecular complexity index is 1670. The molecule has 0 bridgehead atoms. The van der Waals surface area contributed by atoms with Crippen molar-refractivity contribution in [2.24, 2.45) is 0 Å². The number of imide groups is 1. The van der Waals surface area contributed by atoms with Gasteiger partial charge in [-0.1, -0.05) is 24.3 Å². The van der Waals surface area contributed by atoms with E-state index >= 15 is 0 Å². The minimum absolute atomic E-state index is 0.00673. The maximum Gasteiger partial charge on any atom is 0.282 e. The fourth-order valence-electron chi connectivity index (χ4n) is 4.09. The van der Waals surface area contributed by atoms with E-state index in [4.69, 9.17) is 0 Å². The number of carbonyl (C=O) groups excluding carboxylic acids is 3.